The third kappa shape index (κ3) is 4.07. The van der Waals surface area contributed by atoms with Gasteiger partial charge in [-0.2, -0.15) is 0 Å². The Morgan fingerprint density at radius 3 is 2.90 bits per heavy atom. The van der Waals surface area contributed by atoms with Crippen LogP contribution in [0.5, 0.6) is 0 Å². The summed E-state index contributed by atoms with van der Waals surface area (Å²) >= 11 is 0. The number of ether oxygens (including phenoxy) is 1. The Labute approximate surface area is 117 Å². The molecule has 110 valence electrons. The molecule has 0 unspecified atom stereocenters. The fourth-order valence-corrected chi connectivity index (χ4v) is 2.01. The van der Waals surface area contributed by atoms with Crippen molar-refractivity contribution in [2.24, 2.45) is 7.05 Å². The van der Waals surface area contributed by atoms with E-state index < -0.39 is 0 Å². The minimum absolute atomic E-state index is 0.226. The van der Waals surface area contributed by atoms with Crippen molar-refractivity contribution in [1.29, 1.82) is 0 Å². The van der Waals surface area contributed by atoms with Crippen LogP contribution in [0.2, 0.25) is 0 Å². The van der Waals surface area contributed by atoms with Gasteiger partial charge in [-0.05, 0) is 12.1 Å². The summed E-state index contributed by atoms with van der Waals surface area (Å²) in [5.74, 6) is 0. The average Bonchev–Trinajstić information content (AvgIpc) is 2.45. The first-order valence-corrected chi connectivity index (χ1v) is 6.67. The molecule has 1 fully saturated rings. The van der Waals surface area contributed by atoms with Crippen LogP contribution in [0.25, 0.3) is 0 Å². The van der Waals surface area contributed by atoms with Crippen molar-refractivity contribution in [2.75, 3.05) is 44.7 Å². The van der Waals surface area contributed by atoms with Gasteiger partial charge in [-0.15, -0.1) is 0 Å². The molecule has 20 heavy (non-hydrogen) atoms. The third-order valence-electron chi connectivity index (χ3n) is 3.19. The van der Waals surface area contributed by atoms with Crippen molar-refractivity contribution in [3.63, 3.8) is 0 Å². The summed E-state index contributed by atoms with van der Waals surface area (Å²) in [6.07, 6.45) is 1.64. The maximum absolute atomic E-state index is 11.7. The monoisotopic (exact) mass is 280 g/mol. The molecular weight excluding hydrogens is 260 g/mol. The number of aryl methyl sites for hydroxylation is 1. The first kappa shape index (κ1) is 14.5. The number of anilines is 1. The molecule has 0 spiro atoms. The molecule has 0 bridgehead atoms. The van der Waals surface area contributed by atoms with Gasteiger partial charge in [-0.3, -0.25) is 9.69 Å². The molecule has 0 saturated carbocycles. The van der Waals surface area contributed by atoms with Crippen molar-refractivity contribution in [2.45, 2.75) is 0 Å². The van der Waals surface area contributed by atoms with E-state index in [2.05, 4.69) is 15.5 Å². The highest BCUT2D eigenvalue weighted by Crippen LogP contribution is 1.97. The molecule has 1 saturated heterocycles. The normalized spacial score (nSPS) is 15.8. The molecule has 2 amide bonds. The summed E-state index contributed by atoms with van der Waals surface area (Å²) < 4.78 is 6.67. The molecule has 1 aliphatic rings. The van der Waals surface area contributed by atoms with Gasteiger partial charge in [0.2, 0.25) is 0 Å². The number of carbonyl (C=O) groups excluding carboxylic acids is 1. The smallest absolute Gasteiger partial charge is 0.319 e. The molecule has 7 nitrogen and oxygen atoms in total. The standard InChI is InChI=1S/C13H20N4O3/c1-16-5-2-3-11(12(16)18)15-13(19)14-4-6-17-7-9-20-10-8-17/h2-3,5H,4,6-10H2,1H3,(H2,14,15,19). The molecule has 2 N–H and O–H groups in total. The molecule has 1 aromatic heterocycles. The Balaban J connectivity index is 1.75. The van der Waals surface area contributed by atoms with E-state index in [4.69, 9.17) is 4.74 Å². The Morgan fingerprint density at radius 2 is 2.15 bits per heavy atom. The van der Waals surface area contributed by atoms with Crippen molar-refractivity contribution in [3.8, 4) is 0 Å². The van der Waals surface area contributed by atoms with Crippen LogP contribution in [-0.2, 0) is 11.8 Å². The molecule has 0 atom stereocenters. The van der Waals surface area contributed by atoms with E-state index in [1.54, 1.807) is 25.4 Å². The van der Waals surface area contributed by atoms with Crippen molar-refractivity contribution >= 4 is 11.7 Å². The molecule has 7 heteroatoms. The summed E-state index contributed by atoms with van der Waals surface area (Å²) in [4.78, 5) is 25.7. The van der Waals surface area contributed by atoms with Gasteiger partial charge in [0.15, 0.2) is 0 Å². The number of urea groups is 1. The number of morpholine rings is 1. The van der Waals surface area contributed by atoms with Gasteiger partial charge in [0.1, 0.15) is 5.69 Å². The van der Waals surface area contributed by atoms with Gasteiger partial charge >= 0.3 is 6.03 Å². The molecule has 0 radical (unpaired) electrons. The minimum Gasteiger partial charge on any atom is -0.379 e. The zero-order chi connectivity index (χ0) is 14.4. The summed E-state index contributed by atoms with van der Waals surface area (Å²) in [7, 11) is 1.64. The number of amides is 2. The Kier molecular flexibility index (Phi) is 5.14. The fourth-order valence-electron chi connectivity index (χ4n) is 2.01. The van der Waals surface area contributed by atoms with Crippen molar-refractivity contribution in [1.82, 2.24) is 14.8 Å². The number of hydrogen-bond acceptors (Lipinski definition) is 4. The Hall–Kier alpha value is -1.86. The van der Waals surface area contributed by atoms with E-state index in [9.17, 15) is 9.59 Å². The van der Waals surface area contributed by atoms with Gasteiger partial charge in [0, 0.05) is 39.4 Å². The lowest BCUT2D eigenvalue weighted by Crippen LogP contribution is -2.42. The van der Waals surface area contributed by atoms with Gasteiger partial charge in [0.25, 0.3) is 5.56 Å². The van der Waals surface area contributed by atoms with Crippen LogP contribution < -0.4 is 16.2 Å². The SMILES string of the molecule is Cn1cccc(NC(=O)NCCN2CCOCC2)c1=O. The molecule has 2 heterocycles. The molecule has 1 aromatic rings. The van der Waals surface area contributed by atoms with Gasteiger partial charge in [-0.1, -0.05) is 0 Å². The summed E-state index contributed by atoms with van der Waals surface area (Å²) in [5.41, 5.74) is 0.0506. The number of pyridine rings is 1. The number of nitrogens with zero attached hydrogens (tertiary/aromatic N) is 2. The van der Waals surface area contributed by atoms with Crippen LogP contribution >= 0.6 is 0 Å². The van der Waals surface area contributed by atoms with Crippen LogP contribution in [0.1, 0.15) is 0 Å². The number of rotatable bonds is 4. The lowest BCUT2D eigenvalue weighted by molar-refractivity contribution is 0.0388. The molecular formula is C13H20N4O3. The van der Waals surface area contributed by atoms with Gasteiger partial charge in [0.05, 0.1) is 13.2 Å². The van der Waals surface area contributed by atoms with Crippen LogP contribution in [0.15, 0.2) is 23.1 Å². The molecule has 1 aliphatic heterocycles. The number of hydrogen-bond donors (Lipinski definition) is 2. The highest BCUT2D eigenvalue weighted by molar-refractivity contribution is 5.88. The lowest BCUT2D eigenvalue weighted by atomic mass is 10.4. The second kappa shape index (κ2) is 7.06. The quantitative estimate of drug-likeness (QED) is 0.803. The van der Waals surface area contributed by atoms with E-state index in [-0.39, 0.29) is 17.3 Å². The van der Waals surface area contributed by atoms with E-state index in [1.165, 1.54) is 4.57 Å². The fraction of sp³-hybridized carbons (Fsp3) is 0.538. The molecule has 0 aliphatic carbocycles. The van der Waals surface area contributed by atoms with Crippen molar-refractivity contribution < 1.29 is 9.53 Å². The summed E-state index contributed by atoms with van der Waals surface area (Å²) in [6.45, 7) is 4.59. The van der Waals surface area contributed by atoms with Gasteiger partial charge < -0.3 is 19.9 Å². The van der Waals surface area contributed by atoms with Gasteiger partial charge in [-0.25, -0.2) is 4.79 Å². The maximum Gasteiger partial charge on any atom is 0.319 e. The number of carbonyl (C=O) groups is 1. The minimum atomic E-state index is -0.360. The van der Waals surface area contributed by atoms with E-state index in [0.717, 1.165) is 32.8 Å². The molecule has 0 aromatic carbocycles. The highest BCUT2D eigenvalue weighted by atomic mass is 16.5. The second-order valence-corrected chi connectivity index (χ2v) is 4.67. The zero-order valence-electron chi connectivity index (χ0n) is 11.6. The van der Waals surface area contributed by atoms with Crippen LogP contribution in [-0.4, -0.2) is 54.9 Å². The van der Waals surface area contributed by atoms with E-state index in [1.807, 2.05) is 0 Å². The van der Waals surface area contributed by atoms with E-state index in [0.29, 0.717) is 6.54 Å². The summed E-state index contributed by atoms with van der Waals surface area (Å²) in [5, 5.41) is 5.31. The van der Waals surface area contributed by atoms with Crippen LogP contribution in [0.4, 0.5) is 10.5 Å². The van der Waals surface area contributed by atoms with E-state index >= 15 is 0 Å². The lowest BCUT2D eigenvalue weighted by Gasteiger charge is -2.26. The highest BCUT2D eigenvalue weighted by Gasteiger charge is 2.10. The summed E-state index contributed by atoms with van der Waals surface area (Å²) in [6, 6.07) is 2.94. The predicted octanol–water partition coefficient (Wildman–Crippen LogP) is -0.161. The van der Waals surface area contributed by atoms with Crippen LogP contribution in [0.3, 0.4) is 0 Å². The third-order valence-corrected chi connectivity index (χ3v) is 3.19. The number of nitrogens with one attached hydrogen (secondary N) is 2. The second-order valence-electron chi connectivity index (χ2n) is 4.67. The van der Waals surface area contributed by atoms with Crippen LogP contribution in [0, 0.1) is 0 Å². The van der Waals surface area contributed by atoms with Crippen molar-refractivity contribution in [3.05, 3.63) is 28.7 Å². The molecule has 2 rings (SSSR count). The Bertz CT molecular complexity index is 509. The predicted molar refractivity (Wildman–Crippen MR) is 76.0 cm³/mol. The first-order chi connectivity index (χ1) is 9.66. The zero-order valence-corrected chi connectivity index (χ0v) is 11.6. The first-order valence-electron chi connectivity index (χ1n) is 6.67. The largest absolute Gasteiger partial charge is 0.379 e. The number of aromatic nitrogens is 1. The Morgan fingerprint density at radius 1 is 1.40 bits per heavy atom. The topological polar surface area (TPSA) is 75.6 Å². The average molecular weight is 280 g/mol. The maximum atomic E-state index is 11.7.